The van der Waals surface area contributed by atoms with E-state index in [1.54, 1.807) is 14.1 Å². The maximum Gasteiger partial charge on any atom is 0.269 e. The average Bonchev–Trinajstić information content (AvgIpc) is 2.26. The fourth-order valence-corrected chi connectivity index (χ4v) is 1.91. The summed E-state index contributed by atoms with van der Waals surface area (Å²) in [5.41, 5.74) is 0.370. The number of Topliss-reactive ketones (excluding diaryl/α,β-unsaturated/α-hetero) is 2. The molecule has 0 spiro atoms. The van der Waals surface area contributed by atoms with Crippen LogP contribution in [0.3, 0.4) is 0 Å². The predicted molar refractivity (Wildman–Crippen MR) is 70.0 cm³/mol. The van der Waals surface area contributed by atoms with E-state index in [1.807, 2.05) is 0 Å². The molecule has 1 rings (SSSR count). The zero-order valence-corrected chi connectivity index (χ0v) is 13.2. The number of nitro benzene ring substituents is 1. The van der Waals surface area contributed by atoms with E-state index in [2.05, 4.69) is 0 Å². The number of likely N-dealkylation sites (N-methyl/N-ethyl adjacent to an activating group) is 1. The van der Waals surface area contributed by atoms with Crippen molar-refractivity contribution in [2.45, 2.75) is 6.92 Å². The van der Waals surface area contributed by atoms with E-state index in [0.717, 1.165) is 0 Å². The first-order chi connectivity index (χ1) is 8.71. The van der Waals surface area contributed by atoms with Crippen molar-refractivity contribution in [3.8, 4) is 0 Å². The zero-order valence-electron chi connectivity index (χ0n) is 11.6. The number of rotatable bonds is 6. The van der Waals surface area contributed by atoms with E-state index >= 15 is 0 Å². The third kappa shape index (κ3) is 5.58. The number of carbonyl (C=O) groups is 2. The van der Waals surface area contributed by atoms with Gasteiger partial charge in [0.1, 0.15) is 13.1 Å². The monoisotopic (exact) mass is 344 g/mol. The number of non-ortho nitro benzene ring substituents is 1. The van der Waals surface area contributed by atoms with Crippen LogP contribution in [-0.2, 0) is 4.79 Å². The van der Waals surface area contributed by atoms with Crippen LogP contribution in [0.4, 0.5) is 5.69 Å². The van der Waals surface area contributed by atoms with Gasteiger partial charge in [-0.15, -0.1) is 0 Å². The molecular formula is C13H17BrN2O4. The Labute approximate surface area is 127 Å². The quantitative estimate of drug-likeness (QED) is 0.271. The van der Waals surface area contributed by atoms with Gasteiger partial charge in [0.2, 0.25) is 5.78 Å². The maximum absolute atomic E-state index is 12.0. The van der Waals surface area contributed by atoms with Crippen molar-refractivity contribution < 1.29 is 36.0 Å². The molecule has 0 aliphatic rings. The van der Waals surface area contributed by atoms with Crippen LogP contribution in [-0.4, -0.2) is 48.2 Å². The summed E-state index contributed by atoms with van der Waals surface area (Å²) < 4.78 is 0.269. The van der Waals surface area contributed by atoms with Crippen molar-refractivity contribution in [3.63, 3.8) is 0 Å². The highest BCUT2D eigenvalue weighted by Gasteiger charge is 2.23. The summed E-state index contributed by atoms with van der Waals surface area (Å²) in [5.74, 6) is -0.123. The first-order valence-corrected chi connectivity index (χ1v) is 5.80. The molecule has 0 aromatic heterocycles. The van der Waals surface area contributed by atoms with E-state index in [0.29, 0.717) is 5.56 Å². The van der Waals surface area contributed by atoms with Gasteiger partial charge >= 0.3 is 0 Å². The molecule has 0 radical (unpaired) electrons. The van der Waals surface area contributed by atoms with Crippen LogP contribution < -0.4 is 17.0 Å². The number of ketones is 2. The van der Waals surface area contributed by atoms with Gasteiger partial charge in [-0.3, -0.25) is 19.7 Å². The molecule has 0 unspecified atom stereocenters. The summed E-state index contributed by atoms with van der Waals surface area (Å²) in [4.78, 5) is 33.1. The van der Waals surface area contributed by atoms with Crippen molar-refractivity contribution in [3.05, 3.63) is 39.9 Å². The maximum atomic E-state index is 12.0. The Kier molecular flexibility index (Phi) is 6.67. The molecule has 0 aliphatic carbocycles. The number of quaternary nitrogens is 1. The number of carbonyl (C=O) groups excluding carboxylic acids is 2. The lowest BCUT2D eigenvalue weighted by atomic mass is 10.1. The standard InChI is InChI=1S/C13H17N2O4.BrH/c1-10(16)8-15(2,3)9-13(17)11-4-6-12(7-5-11)14(18)19;/h4-7H,8-9H2,1-3H3;1H/q+1;/p-1. The molecule has 7 heteroatoms. The molecule has 0 heterocycles. The van der Waals surface area contributed by atoms with Gasteiger partial charge < -0.3 is 21.5 Å². The lowest BCUT2D eigenvalue weighted by Crippen LogP contribution is -3.00. The largest absolute Gasteiger partial charge is 1.00 e. The van der Waals surface area contributed by atoms with Gasteiger partial charge in [-0.05, 0) is 12.1 Å². The van der Waals surface area contributed by atoms with Crippen LogP contribution in [0, 0.1) is 10.1 Å². The molecule has 110 valence electrons. The molecule has 0 aliphatic heterocycles. The highest BCUT2D eigenvalue weighted by molar-refractivity contribution is 5.97. The second-order valence-corrected chi connectivity index (χ2v) is 5.18. The van der Waals surface area contributed by atoms with Gasteiger partial charge in [0.25, 0.3) is 5.69 Å². The lowest BCUT2D eigenvalue weighted by Gasteiger charge is -2.27. The minimum Gasteiger partial charge on any atom is -1.00 e. The Morgan fingerprint density at radius 1 is 1.15 bits per heavy atom. The first kappa shape index (κ1) is 18.4. The number of nitro groups is 1. The number of hydrogen-bond acceptors (Lipinski definition) is 4. The summed E-state index contributed by atoms with van der Waals surface area (Å²) in [6, 6.07) is 5.49. The van der Waals surface area contributed by atoms with E-state index in [9.17, 15) is 19.7 Å². The van der Waals surface area contributed by atoms with Crippen molar-refractivity contribution >= 4 is 17.3 Å². The van der Waals surface area contributed by atoms with Gasteiger partial charge in [0, 0.05) is 24.6 Å². The third-order valence-electron chi connectivity index (χ3n) is 2.62. The van der Waals surface area contributed by atoms with Crippen LogP contribution in [0.2, 0.25) is 0 Å². The molecule has 0 atom stereocenters. The van der Waals surface area contributed by atoms with Gasteiger partial charge in [0.15, 0.2) is 5.78 Å². The van der Waals surface area contributed by atoms with Crippen LogP contribution in [0.15, 0.2) is 24.3 Å². The Balaban J connectivity index is 0.00000361. The van der Waals surface area contributed by atoms with E-state index < -0.39 is 4.92 Å². The topological polar surface area (TPSA) is 77.3 Å². The minimum atomic E-state index is -0.510. The van der Waals surface area contributed by atoms with Crippen molar-refractivity contribution in [2.24, 2.45) is 0 Å². The summed E-state index contributed by atoms with van der Waals surface area (Å²) in [7, 11) is 3.59. The van der Waals surface area contributed by atoms with E-state index in [-0.39, 0.29) is 51.8 Å². The zero-order chi connectivity index (χ0) is 14.6. The van der Waals surface area contributed by atoms with Crippen LogP contribution in [0.1, 0.15) is 17.3 Å². The summed E-state index contributed by atoms with van der Waals surface area (Å²) in [6.45, 7) is 1.94. The second kappa shape index (κ2) is 7.25. The molecule has 0 saturated carbocycles. The Morgan fingerprint density at radius 2 is 1.65 bits per heavy atom. The molecule has 20 heavy (non-hydrogen) atoms. The van der Waals surface area contributed by atoms with Crippen LogP contribution >= 0.6 is 0 Å². The summed E-state index contributed by atoms with van der Waals surface area (Å²) >= 11 is 0. The molecule has 6 nitrogen and oxygen atoms in total. The second-order valence-electron chi connectivity index (χ2n) is 5.18. The van der Waals surface area contributed by atoms with Crippen molar-refractivity contribution in [2.75, 3.05) is 27.2 Å². The molecule has 0 N–H and O–H groups in total. The normalized spacial score (nSPS) is 10.6. The Hall–Kier alpha value is -1.60. The Bertz CT molecular complexity index is 512. The molecular weight excluding hydrogens is 328 g/mol. The van der Waals surface area contributed by atoms with Crippen molar-refractivity contribution in [1.82, 2.24) is 0 Å². The SMILES string of the molecule is CC(=O)C[N+](C)(C)CC(=O)c1ccc([N+](=O)[O-])cc1.[Br-]. The molecule has 0 amide bonds. The fraction of sp³-hybridized carbons (Fsp3) is 0.385. The van der Waals surface area contributed by atoms with Gasteiger partial charge in [-0.2, -0.15) is 0 Å². The Morgan fingerprint density at radius 3 is 2.05 bits per heavy atom. The highest BCUT2D eigenvalue weighted by atomic mass is 79.9. The minimum absolute atomic E-state index is 0. The first-order valence-electron chi connectivity index (χ1n) is 5.80. The highest BCUT2D eigenvalue weighted by Crippen LogP contribution is 2.13. The molecule has 0 fully saturated rings. The number of benzene rings is 1. The molecule has 1 aromatic carbocycles. The summed E-state index contributed by atoms with van der Waals surface area (Å²) in [5, 5.41) is 10.5. The molecule has 1 aromatic rings. The predicted octanol–water partition coefficient (Wildman–Crippen LogP) is -1.55. The number of nitrogens with zero attached hydrogens (tertiary/aromatic N) is 2. The van der Waals surface area contributed by atoms with Crippen LogP contribution in [0.5, 0.6) is 0 Å². The smallest absolute Gasteiger partial charge is 0.269 e. The van der Waals surface area contributed by atoms with Crippen LogP contribution in [0.25, 0.3) is 0 Å². The van der Waals surface area contributed by atoms with Crippen molar-refractivity contribution in [1.29, 1.82) is 0 Å². The van der Waals surface area contributed by atoms with Gasteiger partial charge in [-0.1, -0.05) is 0 Å². The average molecular weight is 345 g/mol. The fourth-order valence-electron chi connectivity index (χ4n) is 1.91. The van der Waals surface area contributed by atoms with Gasteiger partial charge in [-0.25, -0.2) is 0 Å². The lowest BCUT2D eigenvalue weighted by molar-refractivity contribution is -0.873. The van der Waals surface area contributed by atoms with E-state index in [1.165, 1.54) is 31.2 Å². The number of halogens is 1. The number of hydrogen-bond donors (Lipinski definition) is 0. The molecule has 0 bridgehead atoms. The molecule has 0 saturated heterocycles. The summed E-state index contributed by atoms with van der Waals surface area (Å²) in [6.07, 6.45) is 0. The third-order valence-corrected chi connectivity index (χ3v) is 2.62. The van der Waals surface area contributed by atoms with Gasteiger partial charge in [0.05, 0.1) is 19.0 Å². The van der Waals surface area contributed by atoms with E-state index in [4.69, 9.17) is 0 Å².